The van der Waals surface area contributed by atoms with Crippen LogP contribution in [0.1, 0.15) is 26.7 Å². The molecule has 5 N–H and O–H groups in total. The van der Waals surface area contributed by atoms with Crippen LogP contribution in [-0.2, 0) is 19.0 Å². The maximum absolute atomic E-state index is 11.4. The van der Waals surface area contributed by atoms with E-state index in [4.69, 9.17) is 14.2 Å². The number of esters is 1. The summed E-state index contributed by atoms with van der Waals surface area (Å²) in [5.41, 5.74) is 0.0295. The maximum atomic E-state index is 11.4. The van der Waals surface area contributed by atoms with Gasteiger partial charge in [-0.15, -0.1) is 0 Å². The van der Waals surface area contributed by atoms with Crippen LogP contribution in [0.25, 0.3) is 0 Å². The molecule has 0 aromatic carbocycles. The van der Waals surface area contributed by atoms with Gasteiger partial charge in [0, 0.05) is 12.8 Å². The zero-order valence-electron chi connectivity index (χ0n) is 14.9. The summed E-state index contributed by atoms with van der Waals surface area (Å²) in [6, 6.07) is 0. The molecule has 1 aliphatic carbocycles. The molecule has 0 radical (unpaired) electrons. The minimum atomic E-state index is -1.53. The molecule has 0 unspecified atom stereocenters. The third-order valence-electron chi connectivity index (χ3n) is 5.10. The summed E-state index contributed by atoms with van der Waals surface area (Å²) in [6.45, 7) is 2.37. The van der Waals surface area contributed by atoms with E-state index in [-0.39, 0.29) is 19.1 Å². The normalized spacial score (nSPS) is 42.2. The second-order valence-corrected chi connectivity index (χ2v) is 6.95. The van der Waals surface area contributed by atoms with Gasteiger partial charge < -0.3 is 39.7 Å². The molecule has 26 heavy (non-hydrogen) atoms. The molecule has 2 rings (SSSR count). The van der Waals surface area contributed by atoms with Crippen LogP contribution in [0.15, 0.2) is 11.6 Å². The maximum Gasteiger partial charge on any atom is 0.303 e. The van der Waals surface area contributed by atoms with Crippen molar-refractivity contribution < 1.29 is 44.5 Å². The molecule has 150 valence electrons. The molecule has 0 aromatic heterocycles. The van der Waals surface area contributed by atoms with Gasteiger partial charge in [-0.2, -0.15) is 0 Å². The van der Waals surface area contributed by atoms with Crippen LogP contribution in [0.5, 0.6) is 0 Å². The molecule has 0 aromatic rings. The van der Waals surface area contributed by atoms with Gasteiger partial charge in [-0.05, 0) is 19.8 Å². The highest BCUT2D eigenvalue weighted by atomic mass is 16.7. The Labute approximate surface area is 151 Å². The molecular weight excluding hydrogens is 348 g/mol. The summed E-state index contributed by atoms with van der Waals surface area (Å²) in [5.74, 6) is -0.804. The highest BCUT2D eigenvalue weighted by Gasteiger charge is 2.48. The molecule has 0 amide bonds. The first-order valence-electron chi connectivity index (χ1n) is 8.65. The molecule has 1 aliphatic heterocycles. The highest BCUT2D eigenvalue weighted by Crippen LogP contribution is 2.43. The smallest absolute Gasteiger partial charge is 0.303 e. The van der Waals surface area contributed by atoms with Crippen LogP contribution in [0.2, 0.25) is 0 Å². The van der Waals surface area contributed by atoms with Crippen molar-refractivity contribution in [3.05, 3.63) is 11.6 Å². The Hall–Kier alpha value is -1.07. The van der Waals surface area contributed by atoms with Crippen molar-refractivity contribution in [1.29, 1.82) is 0 Å². The third-order valence-corrected chi connectivity index (χ3v) is 5.10. The highest BCUT2D eigenvalue weighted by molar-refractivity contribution is 5.66. The Morgan fingerprint density at radius 3 is 2.54 bits per heavy atom. The molecule has 7 atom stereocenters. The fraction of sp³-hybridized carbons (Fsp3) is 0.824. The lowest BCUT2D eigenvalue weighted by Gasteiger charge is -2.40. The third kappa shape index (κ3) is 4.42. The predicted octanol–water partition coefficient (Wildman–Crippen LogP) is -1.55. The van der Waals surface area contributed by atoms with E-state index in [1.54, 1.807) is 13.0 Å². The monoisotopic (exact) mass is 376 g/mol. The molecule has 1 saturated carbocycles. The first-order valence-corrected chi connectivity index (χ1v) is 8.65. The number of aliphatic hydroxyl groups excluding tert-OH is 5. The van der Waals surface area contributed by atoms with Crippen molar-refractivity contribution in [2.24, 2.45) is 5.92 Å². The lowest BCUT2D eigenvalue weighted by Crippen LogP contribution is -2.59. The molecule has 0 bridgehead atoms. The van der Waals surface area contributed by atoms with Crippen LogP contribution >= 0.6 is 0 Å². The quantitative estimate of drug-likeness (QED) is 0.275. The number of carbonyl (C=O) groups is 1. The number of hydrogen-bond donors (Lipinski definition) is 5. The molecule has 9 heteroatoms. The Balaban J connectivity index is 2.10. The molecule has 9 nitrogen and oxygen atoms in total. The van der Waals surface area contributed by atoms with Crippen LogP contribution in [-0.4, -0.2) is 87.6 Å². The fourth-order valence-corrected chi connectivity index (χ4v) is 3.62. The number of hydrogen-bond acceptors (Lipinski definition) is 9. The van der Waals surface area contributed by atoms with E-state index in [2.05, 4.69) is 0 Å². The summed E-state index contributed by atoms with van der Waals surface area (Å²) in [7, 11) is 0. The van der Waals surface area contributed by atoms with Crippen molar-refractivity contribution in [2.45, 2.75) is 63.0 Å². The van der Waals surface area contributed by atoms with E-state index < -0.39 is 48.9 Å². The first kappa shape index (κ1) is 21.2. The van der Waals surface area contributed by atoms with Gasteiger partial charge in [0.25, 0.3) is 0 Å². The van der Waals surface area contributed by atoms with Crippen LogP contribution in [0, 0.1) is 5.92 Å². The molecule has 1 saturated heterocycles. The number of rotatable bonds is 6. The largest absolute Gasteiger partial charge is 0.459 e. The molecular formula is C17H28O9. The Morgan fingerprint density at radius 1 is 1.27 bits per heavy atom. The average Bonchev–Trinajstić information content (AvgIpc) is 2.87. The second kappa shape index (κ2) is 8.75. The van der Waals surface area contributed by atoms with Crippen molar-refractivity contribution in [2.75, 3.05) is 19.8 Å². The van der Waals surface area contributed by atoms with Crippen molar-refractivity contribution in [1.82, 2.24) is 0 Å². The van der Waals surface area contributed by atoms with E-state index >= 15 is 0 Å². The van der Waals surface area contributed by atoms with Gasteiger partial charge in [-0.3, -0.25) is 4.79 Å². The standard InChI is InChI=1S/C17H28O9/c1-9(20)26-17(2)5-3-10(4-6-18)11(17)8-24-16-15(23)14(22)13(21)12(7-19)25-16/h4,11-16,18-19,21-23H,3,5-8H2,1-2H3/b10-4-/t11-,12+,13+,14-,15+,16+,17-/m0/s1. The Bertz CT molecular complexity index is 520. The van der Waals surface area contributed by atoms with Crippen LogP contribution in [0.4, 0.5) is 0 Å². The van der Waals surface area contributed by atoms with Gasteiger partial charge in [-0.25, -0.2) is 0 Å². The average molecular weight is 376 g/mol. The SMILES string of the molecule is CC(=O)O[C@@]1(C)CC/C(=C/CO)[C@@H]1CO[C@@H]1O[C@H](CO)[C@@H](O)[C@H](O)[C@H]1O. The van der Waals surface area contributed by atoms with Gasteiger partial charge >= 0.3 is 5.97 Å². The van der Waals surface area contributed by atoms with Gasteiger partial charge in [0.2, 0.25) is 0 Å². The van der Waals surface area contributed by atoms with Crippen LogP contribution in [0.3, 0.4) is 0 Å². The first-order chi connectivity index (χ1) is 12.2. The summed E-state index contributed by atoms with van der Waals surface area (Å²) in [5, 5.41) is 48.1. The lowest BCUT2D eigenvalue weighted by atomic mass is 9.90. The summed E-state index contributed by atoms with van der Waals surface area (Å²) >= 11 is 0. The second-order valence-electron chi connectivity index (χ2n) is 6.95. The van der Waals surface area contributed by atoms with E-state index in [1.807, 2.05) is 0 Å². The summed E-state index contributed by atoms with van der Waals surface area (Å²) in [6.07, 6.45) is -4.00. The van der Waals surface area contributed by atoms with E-state index in [1.165, 1.54) is 6.92 Å². The topological polar surface area (TPSA) is 146 Å². The zero-order valence-corrected chi connectivity index (χ0v) is 14.9. The van der Waals surface area contributed by atoms with Gasteiger partial charge in [0.15, 0.2) is 6.29 Å². The van der Waals surface area contributed by atoms with Gasteiger partial charge in [0.05, 0.1) is 19.8 Å². The molecule has 1 heterocycles. The molecule has 2 fully saturated rings. The van der Waals surface area contributed by atoms with E-state index in [9.17, 15) is 30.3 Å². The predicted molar refractivity (Wildman–Crippen MR) is 87.8 cm³/mol. The molecule has 0 spiro atoms. The Morgan fingerprint density at radius 2 is 1.96 bits per heavy atom. The van der Waals surface area contributed by atoms with Gasteiger partial charge in [0.1, 0.15) is 30.0 Å². The van der Waals surface area contributed by atoms with E-state index in [0.717, 1.165) is 5.57 Å². The van der Waals surface area contributed by atoms with Crippen LogP contribution < -0.4 is 0 Å². The zero-order chi connectivity index (χ0) is 19.5. The van der Waals surface area contributed by atoms with Crippen molar-refractivity contribution in [3.8, 4) is 0 Å². The minimum absolute atomic E-state index is 0.00168. The Kier molecular flexibility index (Phi) is 7.14. The van der Waals surface area contributed by atoms with Crippen molar-refractivity contribution >= 4 is 5.97 Å². The summed E-state index contributed by atoms with van der Waals surface area (Å²) < 4.78 is 16.4. The summed E-state index contributed by atoms with van der Waals surface area (Å²) in [4.78, 5) is 11.4. The van der Waals surface area contributed by atoms with E-state index in [0.29, 0.717) is 12.8 Å². The number of ether oxygens (including phenoxy) is 3. The fourth-order valence-electron chi connectivity index (χ4n) is 3.62. The minimum Gasteiger partial charge on any atom is -0.459 e. The number of carbonyl (C=O) groups excluding carboxylic acids is 1. The van der Waals surface area contributed by atoms with Crippen molar-refractivity contribution in [3.63, 3.8) is 0 Å². The lowest BCUT2D eigenvalue weighted by molar-refractivity contribution is -0.304. The number of aliphatic hydroxyl groups is 5. The van der Waals surface area contributed by atoms with Gasteiger partial charge in [-0.1, -0.05) is 11.6 Å². The molecule has 2 aliphatic rings.